The fourth-order valence-corrected chi connectivity index (χ4v) is 3.71. The maximum atomic E-state index is 12.1. The fraction of sp³-hybridized carbons (Fsp3) is 0.467. The normalized spacial score (nSPS) is 16.4. The Balaban J connectivity index is 2.06. The van der Waals surface area contributed by atoms with Gasteiger partial charge in [-0.25, -0.2) is 0 Å². The minimum absolute atomic E-state index is 0.00469. The number of carbonyl (C=O) groups is 1. The molecular weight excluding hydrogens is 308 g/mol. The number of hydrogen-bond acceptors (Lipinski definition) is 3. The lowest BCUT2D eigenvalue weighted by atomic mass is 9.85. The summed E-state index contributed by atoms with van der Waals surface area (Å²) in [7, 11) is 1.67. The molecule has 112 valence electrons. The summed E-state index contributed by atoms with van der Waals surface area (Å²) < 4.78 is 8.24. The second-order valence-electron chi connectivity index (χ2n) is 5.22. The first-order valence-corrected chi connectivity index (χ1v) is 8.25. The second-order valence-corrected chi connectivity index (χ2v) is 6.66. The van der Waals surface area contributed by atoms with Gasteiger partial charge in [-0.15, -0.1) is 0 Å². The quantitative estimate of drug-likeness (QED) is 0.866. The summed E-state index contributed by atoms with van der Waals surface area (Å²) in [4.78, 5) is 17.2. The average Bonchev–Trinajstić information content (AvgIpc) is 2.70. The Bertz CT molecular complexity index is 731. The third kappa shape index (κ3) is 3.05. The number of benzene rings is 1. The summed E-state index contributed by atoms with van der Waals surface area (Å²) in [6, 6.07) is 5.74. The molecular formula is C15H17ClN2O2S. The third-order valence-electron chi connectivity index (χ3n) is 3.82. The molecule has 1 heterocycles. The van der Waals surface area contributed by atoms with Crippen LogP contribution < -0.4 is 4.80 Å². The van der Waals surface area contributed by atoms with E-state index >= 15 is 0 Å². The van der Waals surface area contributed by atoms with Gasteiger partial charge in [0.2, 0.25) is 0 Å². The van der Waals surface area contributed by atoms with Gasteiger partial charge in [0.15, 0.2) is 4.80 Å². The van der Waals surface area contributed by atoms with Gasteiger partial charge in [-0.2, -0.15) is 4.99 Å². The van der Waals surface area contributed by atoms with Gasteiger partial charge in [0.25, 0.3) is 5.91 Å². The van der Waals surface area contributed by atoms with Gasteiger partial charge in [0.1, 0.15) is 0 Å². The van der Waals surface area contributed by atoms with Gasteiger partial charge in [-0.05, 0) is 31.0 Å². The molecule has 1 aromatic heterocycles. The fourth-order valence-electron chi connectivity index (χ4n) is 2.37. The molecule has 0 unspecified atom stereocenters. The number of hydrogen-bond donors (Lipinski definition) is 0. The van der Waals surface area contributed by atoms with Crippen LogP contribution in [0.4, 0.5) is 0 Å². The van der Waals surface area contributed by atoms with Gasteiger partial charge in [0, 0.05) is 24.6 Å². The van der Waals surface area contributed by atoms with Crippen LogP contribution in [0, 0.1) is 5.92 Å². The van der Waals surface area contributed by atoms with Crippen LogP contribution in [0.2, 0.25) is 5.02 Å². The minimum Gasteiger partial charge on any atom is -0.383 e. The highest BCUT2D eigenvalue weighted by Crippen LogP contribution is 2.27. The maximum Gasteiger partial charge on any atom is 0.251 e. The van der Waals surface area contributed by atoms with E-state index in [4.69, 9.17) is 16.3 Å². The van der Waals surface area contributed by atoms with Crippen LogP contribution >= 0.6 is 22.9 Å². The van der Waals surface area contributed by atoms with Crippen LogP contribution in [0.3, 0.4) is 0 Å². The van der Waals surface area contributed by atoms with E-state index in [1.807, 2.05) is 22.8 Å². The number of nitrogens with zero attached hydrogens (tertiary/aromatic N) is 2. The van der Waals surface area contributed by atoms with Gasteiger partial charge in [-0.1, -0.05) is 29.4 Å². The molecule has 6 heteroatoms. The van der Waals surface area contributed by atoms with Crippen LogP contribution in [-0.4, -0.2) is 24.2 Å². The summed E-state index contributed by atoms with van der Waals surface area (Å²) in [6.45, 7) is 1.26. The zero-order valence-corrected chi connectivity index (χ0v) is 13.4. The Labute approximate surface area is 132 Å². The van der Waals surface area contributed by atoms with E-state index in [9.17, 15) is 4.79 Å². The Kier molecular flexibility index (Phi) is 4.42. The van der Waals surface area contributed by atoms with Gasteiger partial charge in [0.05, 0.1) is 16.8 Å². The molecule has 1 amide bonds. The first kappa shape index (κ1) is 14.8. The second kappa shape index (κ2) is 6.30. The average molecular weight is 325 g/mol. The lowest BCUT2D eigenvalue weighted by Crippen LogP contribution is -2.25. The van der Waals surface area contributed by atoms with E-state index < -0.39 is 0 Å². The lowest BCUT2D eigenvalue weighted by Gasteiger charge is -2.20. The summed E-state index contributed by atoms with van der Waals surface area (Å²) in [6.07, 6.45) is 3.08. The summed E-state index contributed by atoms with van der Waals surface area (Å²) in [5.41, 5.74) is 1.04. The van der Waals surface area contributed by atoms with Crippen molar-refractivity contribution in [3.63, 3.8) is 0 Å². The highest BCUT2D eigenvalue weighted by atomic mass is 35.5. The number of carbonyl (C=O) groups excluding carboxylic acids is 1. The van der Waals surface area contributed by atoms with Crippen molar-refractivity contribution in [1.82, 2.24) is 4.57 Å². The van der Waals surface area contributed by atoms with Gasteiger partial charge in [-0.3, -0.25) is 4.79 Å². The predicted octanol–water partition coefficient (Wildman–Crippen LogP) is 3.23. The van der Waals surface area contributed by atoms with Crippen molar-refractivity contribution in [3.05, 3.63) is 28.0 Å². The Morgan fingerprint density at radius 3 is 3.00 bits per heavy atom. The Hall–Kier alpha value is -1.17. The summed E-state index contributed by atoms with van der Waals surface area (Å²) >= 11 is 7.55. The Morgan fingerprint density at radius 2 is 2.33 bits per heavy atom. The molecule has 0 N–H and O–H groups in total. The molecule has 0 saturated heterocycles. The largest absolute Gasteiger partial charge is 0.383 e. The van der Waals surface area contributed by atoms with Gasteiger partial charge < -0.3 is 9.30 Å². The Morgan fingerprint density at radius 1 is 1.52 bits per heavy atom. The van der Waals surface area contributed by atoms with Crippen LogP contribution in [0.25, 0.3) is 10.2 Å². The van der Waals surface area contributed by atoms with Crippen molar-refractivity contribution in [3.8, 4) is 0 Å². The number of thiazole rings is 1. The van der Waals surface area contributed by atoms with Crippen molar-refractivity contribution in [2.45, 2.75) is 25.8 Å². The van der Waals surface area contributed by atoms with Crippen molar-refractivity contribution in [1.29, 1.82) is 0 Å². The number of rotatable bonds is 4. The predicted molar refractivity (Wildman–Crippen MR) is 84.6 cm³/mol. The van der Waals surface area contributed by atoms with Crippen LogP contribution in [-0.2, 0) is 16.1 Å². The van der Waals surface area contributed by atoms with E-state index in [1.165, 1.54) is 11.3 Å². The smallest absolute Gasteiger partial charge is 0.251 e. The van der Waals surface area contributed by atoms with Gasteiger partial charge >= 0.3 is 0 Å². The van der Waals surface area contributed by atoms with E-state index in [0.29, 0.717) is 18.2 Å². The number of methoxy groups -OCH3 is 1. The molecule has 3 rings (SSSR count). The highest BCUT2D eigenvalue weighted by Gasteiger charge is 2.25. The molecule has 1 aliphatic rings. The molecule has 0 atom stereocenters. The molecule has 1 saturated carbocycles. The standard InChI is InChI=1S/C15H17ClN2O2S/c1-20-8-7-18-12-6-5-11(16)9-13(12)21-15(18)17-14(19)10-3-2-4-10/h5-6,9-10H,2-4,7-8H2,1H3. The van der Waals surface area contributed by atoms with Crippen LogP contribution in [0.15, 0.2) is 23.2 Å². The third-order valence-corrected chi connectivity index (χ3v) is 5.10. The SMILES string of the molecule is COCCn1c(=NC(=O)C2CCC2)sc2cc(Cl)ccc21. The minimum atomic E-state index is 0.00469. The topological polar surface area (TPSA) is 43.6 Å². The monoisotopic (exact) mass is 324 g/mol. The number of halogens is 1. The zero-order chi connectivity index (χ0) is 14.8. The number of ether oxygens (including phenoxy) is 1. The molecule has 0 spiro atoms. The van der Waals surface area contributed by atoms with E-state index in [-0.39, 0.29) is 11.8 Å². The van der Waals surface area contributed by atoms with E-state index in [0.717, 1.165) is 34.3 Å². The number of amides is 1. The van der Waals surface area contributed by atoms with Crippen LogP contribution in [0.5, 0.6) is 0 Å². The molecule has 21 heavy (non-hydrogen) atoms. The van der Waals surface area contributed by atoms with E-state index in [2.05, 4.69) is 4.99 Å². The van der Waals surface area contributed by atoms with Crippen molar-refractivity contribution in [2.24, 2.45) is 10.9 Å². The first-order chi connectivity index (χ1) is 10.2. The molecule has 2 aromatic rings. The highest BCUT2D eigenvalue weighted by molar-refractivity contribution is 7.16. The van der Waals surface area contributed by atoms with Crippen molar-refractivity contribution in [2.75, 3.05) is 13.7 Å². The first-order valence-electron chi connectivity index (χ1n) is 7.05. The lowest BCUT2D eigenvalue weighted by molar-refractivity contribution is -0.124. The van der Waals surface area contributed by atoms with E-state index in [1.54, 1.807) is 7.11 Å². The van der Waals surface area contributed by atoms with Crippen molar-refractivity contribution >= 4 is 39.1 Å². The van der Waals surface area contributed by atoms with Crippen LogP contribution in [0.1, 0.15) is 19.3 Å². The molecule has 1 fully saturated rings. The van der Waals surface area contributed by atoms with Crippen molar-refractivity contribution < 1.29 is 9.53 Å². The number of fused-ring (bicyclic) bond motifs is 1. The molecule has 4 nitrogen and oxygen atoms in total. The maximum absolute atomic E-state index is 12.1. The molecule has 0 radical (unpaired) electrons. The summed E-state index contributed by atoms with van der Waals surface area (Å²) in [5, 5.41) is 0.694. The molecule has 1 aromatic carbocycles. The summed E-state index contributed by atoms with van der Waals surface area (Å²) in [5.74, 6) is 0.125. The molecule has 0 bridgehead atoms. The number of aromatic nitrogens is 1. The molecule has 0 aliphatic heterocycles. The molecule has 1 aliphatic carbocycles. The zero-order valence-electron chi connectivity index (χ0n) is 11.8.